The molecule has 0 bridgehead atoms. The first-order chi connectivity index (χ1) is 7.27. The standard InChI is InChI=1S/C11H13NO3/c1-10(7-13)12(9-14)15-8-11-5-3-2-4-6-11/h2-7,9-10H,8H2,1H3/t10-/m0/s1. The highest BCUT2D eigenvalue weighted by Gasteiger charge is 2.10. The van der Waals surface area contributed by atoms with Crippen molar-refractivity contribution in [1.29, 1.82) is 0 Å². The van der Waals surface area contributed by atoms with Gasteiger partial charge in [-0.2, -0.15) is 0 Å². The Labute approximate surface area is 88.4 Å². The summed E-state index contributed by atoms with van der Waals surface area (Å²) in [5.74, 6) is 0. The molecule has 1 aromatic rings. The highest BCUT2D eigenvalue weighted by molar-refractivity contribution is 5.62. The summed E-state index contributed by atoms with van der Waals surface area (Å²) in [7, 11) is 0. The van der Waals surface area contributed by atoms with E-state index in [4.69, 9.17) is 4.84 Å². The Morgan fingerprint density at radius 1 is 1.33 bits per heavy atom. The molecule has 1 aromatic carbocycles. The van der Waals surface area contributed by atoms with E-state index in [2.05, 4.69) is 0 Å². The molecule has 0 aliphatic heterocycles. The molecule has 0 saturated heterocycles. The number of benzene rings is 1. The zero-order chi connectivity index (χ0) is 11.1. The van der Waals surface area contributed by atoms with Crippen molar-refractivity contribution >= 4 is 12.7 Å². The van der Waals surface area contributed by atoms with Gasteiger partial charge < -0.3 is 4.79 Å². The lowest BCUT2D eigenvalue weighted by Gasteiger charge is -2.19. The van der Waals surface area contributed by atoms with Crippen LogP contribution in [0.5, 0.6) is 0 Å². The van der Waals surface area contributed by atoms with Crippen molar-refractivity contribution < 1.29 is 14.4 Å². The predicted octanol–water partition coefficient (Wildman–Crippen LogP) is 1.16. The van der Waals surface area contributed by atoms with Crippen LogP contribution in [-0.2, 0) is 21.0 Å². The molecule has 0 unspecified atom stereocenters. The quantitative estimate of drug-likeness (QED) is 0.519. The number of hydrogen-bond acceptors (Lipinski definition) is 3. The fourth-order valence-corrected chi connectivity index (χ4v) is 1.03. The normalized spacial score (nSPS) is 11.8. The SMILES string of the molecule is C[C@@H](C=O)N(C=O)OCc1ccccc1. The van der Waals surface area contributed by atoms with Crippen molar-refractivity contribution in [1.82, 2.24) is 5.06 Å². The molecule has 0 radical (unpaired) electrons. The molecule has 0 aromatic heterocycles. The molecule has 0 fully saturated rings. The van der Waals surface area contributed by atoms with Gasteiger partial charge in [0.15, 0.2) is 0 Å². The van der Waals surface area contributed by atoms with E-state index in [9.17, 15) is 9.59 Å². The summed E-state index contributed by atoms with van der Waals surface area (Å²) < 4.78 is 0. The van der Waals surface area contributed by atoms with Crippen molar-refractivity contribution in [3.63, 3.8) is 0 Å². The van der Waals surface area contributed by atoms with Gasteiger partial charge in [0.1, 0.15) is 18.9 Å². The smallest absolute Gasteiger partial charge is 0.234 e. The molecule has 1 amide bonds. The fraction of sp³-hybridized carbons (Fsp3) is 0.273. The summed E-state index contributed by atoms with van der Waals surface area (Å²) in [5, 5.41) is 1.00. The Balaban J connectivity index is 2.48. The van der Waals surface area contributed by atoms with Crippen LogP contribution in [0.3, 0.4) is 0 Å². The van der Waals surface area contributed by atoms with E-state index in [1.807, 2.05) is 30.3 Å². The molecule has 0 aliphatic carbocycles. The summed E-state index contributed by atoms with van der Waals surface area (Å²) in [4.78, 5) is 26.2. The van der Waals surface area contributed by atoms with E-state index in [-0.39, 0.29) is 6.61 Å². The summed E-state index contributed by atoms with van der Waals surface area (Å²) in [6.45, 7) is 1.87. The zero-order valence-electron chi connectivity index (χ0n) is 8.50. The Kier molecular flexibility index (Phi) is 4.50. The molecule has 4 heteroatoms. The van der Waals surface area contributed by atoms with Gasteiger partial charge in [0.05, 0.1) is 0 Å². The molecular formula is C11H13NO3. The average molecular weight is 207 g/mol. The van der Waals surface area contributed by atoms with Crippen molar-refractivity contribution in [2.75, 3.05) is 0 Å². The largest absolute Gasteiger partial charge is 0.301 e. The van der Waals surface area contributed by atoms with Crippen molar-refractivity contribution in [2.24, 2.45) is 0 Å². The third-order valence-corrected chi connectivity index (χ3v) is 1.93. The lowest BCUT2D eigenvalue weighted by atomic mass is 10.2. The van der Waals surface area contributed by atoms with Crippen LogP contribution in [0.2, 0.25) is 0 Å². The summed E-state index contributed by atoms with van der Waals surface area (Å²) in [5.41, 5.74) is 0.947. The number of carbonyl (C=O) groups is 2. The Hall–Kier alpha value is -1.68. The predicted molar refractivity (Wildman–Crippen MR) is 54.7 cm³/mol. The Morgan fingerprint density at radius 2 is 2.00 bits per heavy atom. The van der Waals surface area contributed by atoms with Gasteiger partial charge in [-0.3, -0.25) is 9.63 Å². The van der Waals surface area contributed by atoms with Crippen LogP contribution in [0, 0.1) is 0 Å². The first-order valence-corrected chi connectivity index (χ1v) is 4.63. The van der Waals surface area contributed by atoms with Crippen molar-refractivity contribution in [2.45, 2.75) is 19.6 Å². The molecule has 1 rings (SSSR count). The Morgan fingerprint density at radius 3 is 2.53 bits per heavy atom. The zero-order valence-corrected chi connectivity index (χ0v) is 8.50. The van der Waals surface area contributed by atoms with Crippen LogP contribution in [0.15, 0.2) is 30.3 Å². The van der Waals surface area contributed by atoms with E-state index in [1.54, 1.807) is 6.92 Å². The minimum absolute atomic E-state index is 0.276. The molecule has 0 heterocycles. The van der Waals surface area contributed by atoms with Gasteiger partial charge in [0.25, 0.3) is 0 Å². The molecule has 0 N–H and O–H groups in total. The van der Waals surface area contributed by atoms with Gasteiger partial charge >= 0.3 is 0 Å². The van der Waals surface area contributed by atoms with E-state index in [0.717, 1.165) is 10.6 Å². The van der Waals surface area contributed by atoms with E-state index in [0.29, 0.717) is 12.7 Å². The van der Waals surface area contributed by atoms with E-state index >= 15 is 0 Å². The molecule has 0 spiro atoms. The third-order valence-electron chi connectivity index (χ3n) is 1.93. The van der Waals surface area contributed by atoms with Gasteiger partial charge in [-0.1, -0.05) is 30.3 Å². The monoisotopic (exact) mass is 207 g/mol. The van der Waals surface area contributed by atoms with Crippen LogP contribution in [0.25, 0.3) is 0 Å². The number of carbonyl (C=O) groups excluding carboxylic acids is 2. The minimum atomic E-state index is -0.564. The van der Waals surface area contributed by atoms with Crippen LogP contribution < -0.4 is 0 Å². The summed E-state index contributed by atoms with van der Waals surface area (Å²) in [6.07, 6.45) is 1.15. The number of hydroxylamine groups is 2. The van der Waals surface area contributed by atoms with Gasteiger partial charge in [0, 0.05) is 0 Å². The number of rotatable bonds is 6. The van der Waals surface area contributed by atoms with E-state index in [1.165, 1.54) is 0 Å². The van der Waals surface area contributed by atoms with Crippen LogP contribution in [0.1, 0.15) is 12.5 Å². The lowest BCUT2D eigenvalue weighted by Crippen LogP contribution is -2.32. The second-order valence-corrected chi connectivity index (χ2v) is 3.10. The molecule has 0 saturated carbocycles. The van der Waals surface area contributed by atoms with E-state index < -0.39 is 6.04 Å². The first-order valence-electron chi connectivity index (χ1n) is 4.63. The first kappa shape index (κ1) is 11.4. The van der Waals surface area contributed by atoms with Crippen LogP contribution >= 0.6 is 0 Å². The molecule has 4 nitrogen and oxygen atoms in total. The fourth-order valence-electron chi connectivity index (χ4n) is 1.03. The van der Waals surface area contributed by atoms with Gasteiger partial charge in [-0.05, 0) is 12.5 Å². The van der Waals surface area contributed by atoms with Crippen LogP contribution in [0.4, 0.5) is 0 Å². The number of amides is 1. The molecular weight excluding hydrogens is 194 g/mol. The number of nitrogens with zero attached hydrogens (tertiary/aromatic N) is 1. The van der Waals surface area contributed by atoms with Gasteiger partial charge in [-0.15, -0.1) is 0 Å². The number of hydrogen-bond donors (Lipinski definition) is 0. The van der Waals surface area contributed by atoms with Gasteiger partial charge in [-0.25, -0.2) is 5.06 Å². The lowest BCUT2D eigenvalue weighted by molar-refractivity contribution is -0.189. The maximum absolute atomic E-state index is 10.6. The third kappa shape index (κ3) is 3.52. The minimum Gasteiger partial charge on any atom is -0.301 e. The second-order valence-electron chi connectivity index (χ2n) is 3.10. The molecule has 80 valence electrons. The average Bonchev–Trinajstić information content (AvgIpc) is 2.31. The maximum Gasteiger partial charge on any atom is 0.234 e. The maximum atomic E-state index is 10.6. The summed E-state index contributed by atoms with van der Waals surface area (Å²) >= 11 is 0. The van der Waals surface area contributed by atoms with Crippen molar-refractivity contribution in [3.8, 4) is 0 Å². The Bertz CT molecular complexity index is 313. The number of aldehydes is 1. The molecule has 15 heavy (non-hydrogen) atoms. The van der Waals surface area contributed by atoms with Crippen LogP contribution in [-0.4, -0.2) is 23.8 Å². The van der Waals surface area contributed by atoms with Gasteiger partial charge in [0.2, 0.25) is 6.41 Å². The second kappa shape index (κ2) is 5.93. The molecule has 0 aliphatic rings. The highest BCUT2D eigenvalue weighted by Crippen LogP contribution is 2.03. The molecule has 1 atom stereocenters. The summed E-state index contributed by atoms with van der Waals surface area (Å²) in [6, 6.07) is 8.87. The highest BCUT2D eigenvalue weighted by atomic mass is 16.7. The van der Waals surface area contributed by atoms with Crippen molar-refractivity contribution in [3.05, 3.63) is 35.9 Å². The topological polar surface area (TPSA) is 46.6 Å².